The van der Waals surface area contributed by atoms with Gasteiger partial charge in [0, 0.05) is 29.7 Å². The van der Waals surface area contributed by atoms with Crippen molar-refractivity contribution in [1.82, 2.24) is 9.97 Å². The second kappa shape index (κ2) is 3.90. The van der Waals surface area contributed by atoms with Crippen LogP contribution in [0.3, 0.4) is 0 Å². The van der Waals surface area contributed by atoms with Crippen LogP contribution in [-0.2, 0) is 0 Å². The van der Waals surface area contributed by atoms with Crippen LogP contribution in [0.2, 0.25) is 0 Å². The molecule has 0 amide bonds. The van der Waals surface area contributed by atoms with Crippen molar-refractivity contribution >= 4 is 47.1 Å². The molecule has 84 valence electrons. The number of aromatic amines is 1. The minimum Gasteiger partial charge on any atom is -0.494 e. The number of H-pyrrole nitrogens is 1. The molecule has 0 aromatic carbocycles. The number of nitrogens with zero attached hydrogens (tertiary/aromatic N) is 2. The molecule has 3 heterocycles. The van der Waals surface area contributed by atoms with Crippen LogP contribution in [-0.4, -0.2) is 21.3 Å². The van der Waals surface area contributed by atoms with Crippen LogP contribution in [0.4, 0.5) is 5.69 Å². The van der Waals surface area contributed by atoms with Crippen LogP contribution in [0, 0.1) is 3.95 Å². The SMILES string of the molecule is Oc1[nH]c(=S)sc1/C=C1\C=Nc2ccncc21. The highest BCUT2D eigenvalue weighted by atomic mass is 32.1. The Bertz CT molecular complexity index is 697. The van der Waals surface area contributed by atoms with E-state index in [1.54, 1.807) is 18.6 Å². The zero-order chi connectivity index (χ0) is 11.8. The van der Waals surface area contributed by atoms with Gasteiger partial charge >= 0.3 is 0 Å². The van der Waals surface area contributed by atoms with Gasteiger partial charge in [0.25, 0.3) is 0 Å². The van der Waals surface area contributed by atoms with E-state index in [1.807, 2.05) is 12.1 Å². The van der Waals surface area contributed by atoms with Crippen molar-refractivity contribution in [3.63, 3.8) is 0 Å². The van der Waals surface area contributed by atoms with Gasteiger partial charge in [0.1, 0.15) is 0 Å². The van der Waals surface area contributed by atoms with Crippen molar-refractivity contribution < 1.29 is 5.11 Å². The molecule has 0 aliphatic carbocycles. The van der Waals surface area contributed by atoms with Crippen LogP contribution in [0.25, 0.3) is 11.6 Å². The van der Waals surface area contributed by atoms with Crippen molar-refractivity contribution in [3.05, 3.63) is 32.9 Å². The van der Waals surface area contributed by atoms with Crippen molar-refractivity contribution in [2.45, 2.75) is 0 Å². The van der Waals surface area contributed by atoms with Gasteiger partial charge in [-0.3, -0.25) is 9.98 Å². The number of hydrogen-bond donors (Lipinski definition) is 2. The molecule has 2 aromatic rings. The smallest absolute Gasteiger partial charge is 0.207 e. The monoisotopic (exact) mass is 261 g/mol. The lowest BCUT2D eigenvalue weighted by atomic mass is 10.1. The lowest BCUT2D eigenvalue weighted by Gasteiger charge is -1.97. The van der Waals surface area contributed by atoms with Crippen molar-refractivity contribution in [1.29, 1.82) is 0 Å². The van der Waals surface area contributed by atoms with Crippen molar-refractivity contribution in [3.8, 4) is 5.88 Å². The predicted molar refractivity (Wildman–Crippen MR) is 71.4 cm³/mol. The maximum atomic E-state index is 9.62. The maximum Gasteiger partial charge on any atom is 0.207 e. The third-order valence-corrected chi connectivity index (χ3v) is 3.57. The van der Waals surface area contributed by atoms with E-state index in [0.717, 1.165) is 16.8 Å². The molecule has 1 aliphatic rings. The average Bonchev–Trinajstić information content (AvgIpc) is 2.85. The summed E-state index contributed by atoms with van der Waals surface area (Å²) in [5.41, 5.74) is 2.78. The fraction of sp³-hybridized carbons (Fsp3) is 0. The number of hydrogen-bond acceptors (Lipinski definition) is 5. The van der Waals surface area contributed by atoms with Gasteiger partial charge in [-0.1, -0.05) is 0 Å². The molecule has 0 bridgehead atoms. The van der Waals surface area contributed by atoms with Crippen LogP contribution >= 0.6 is 23.6 Å². The zero-order valence-corrected chi connectivity index (χ0v) is 10.2. The molecule has 0 radical (unpaired) electrons. The third kappa shape index (κ3) is 1.81. The molecule has 0 spiro atoms. The highest BCUT2D eigenvalue weighted by Crippen LogP contribution is 2.33. The molecule has 0 atom stereocenters. The zero-order valence-electron chi connectivity index (χ0n) is 8.54. The molecule has 2 aromatic heterocycles. The highest BCUT2D eigenvalue weighted by Gasteiger charge is 2.13. The molecule has 6 heteroatoms. The Morgan fingerprint density at radius 3 is 3.12 bits per heavy atom. The van der Waals surface area contributed by atoms with E-state index in [4.69, 9.17) is 12.2 Å². The van der Waals surface area contributed by atoms with Gasteiger partial charge in [-0.25, -0.2) is 0 Å². The Hall–Kier alpha value is -1.79. The number of fused-ring (bicyclic) bond motifs is 1. The van der Waals surface area contributed by atoms with E-state index in [0.29, 0.717) is 8.83 Å². The number of aromatic hydroxyl groups is 1. The Kier molecular flexibility index (Phi) is 2.38. The summed E-state index contributed by atoms with van der Waals surface area (Å²) in [5.74, 6) is 0.0956. The second-order valence-electron chi connectivity index (χ2n) is 3.48. The first-order valence-electron chi connectivity index (χ1n) is 4.86. The van der Waals surface area contributed by atoms with Crippen LogP contribution in [0.15, 0.2) is 23.5 Å². The number of allylic oxidation sites excluding steroid dienone is 1. The summed E-state index contributed by atoms with van der Waals surface area (Å²) < 4.78 is 0.552. The minimum atomic E-state index is 0.0956. The third-order valence-electron chi connectivity index (χ3n) is 2.39. The molecule has 1 aliphatic heterocycles. The lowest BCUT2D eigenvalue weighted by molar-refractivity contribution is 0.456. The molecular formula is C11H7N3OS2. The summed E-state index contributed by atoms with van der Waals surface area (Å²) in [5, 5.41) is 9.62. The lowest BCUT2D eigenvalue weighted by Crippen LogP contribution is -1.81. The van der Waals surface area contributed by atoms with Crippen LogP contribution < -0.4 is 0 Å². The Morgan fingerprint density at radius 1 is 1.47 bits per heavy atom. The number of nitrogens with one attached hydrogen (secondary N) is 1. The van der Waals surface area contributed by atoms with Gasteiger partial charge in [-0.2, -0.15) is 0 Å². The number of rotatable bonds is 1. The maximum absolute atomic E-state index is 9.62. The molecule has 0 fully saturated rings. The average molecular weight is 261 g/mol. The van der Waals surface area contributed by atoms with E-state index in [2.05, 4.69) is 15.0 Å². The van der Waals surface area contributed by atoms with Gasteiger partial charge in [0.2, 0.25) is 5.88 Å². The predicted octanol–water partition coefficient (Wildman–Crippen LogP) is 3.16. The first kappa shape index (κ1) is 10.4. The van der Waals surface area contributed by atoms with Crippen molar-refractivity contribution in [2.75, 3.05) is 0 Å². The fourth-order valence-corrected chi connectivity index (χ4v) is 2.66. The topological polar surface area (TPSA) is 61.3 Å². The number of thiazole rings is 1. The van der Waals surface area contributed by atoms with E-state index >= 15 is 0 Å². The molecule has 2 N–H and O–H groups in total. The summed E-state index contributed by atoms with van der Waals surface area (Å²) in [6.45, 7) is 0. The van der Waals surface area contributed by atoms with Gasteiger partial charge < -0.3 is 10.1 Å². The van der Waals surface area contributed by atoms with Crippen molar-refractivity contribution in [2.24, 2.45) is 4.99 Å². The first-order valence-corrected chi connectivity index (χ1v) is 6.09. The summed E-state index contributed by atoms with van der Waals surface area (Å²) in [6.07, 6.45) is 7.08. The van der Waals surface area contributed by atoms with Crippen LogP contribution in [0.1, 0.15) is 10.4 Å². The van der Waals surface area contributed by atoms with E-state index in [-0.39, 0.29) is 5.88 Å². The van der Waals surface area contributed by atoms with E-state index in [9.17, 15) is 5.11 Å². The molecule has 17 heavy (non-hydrogen) atoms. The Labute approximate surface area is 106 Å². The molecule has 3 rings (SSSR count). The summed E-state index contributed by atoms with van der Waals surface area (Å²) in [6, 6.07) is 1.85. The molecular weight excluding hydrogens is 254 g/mol. The highest BCUT2D eigenvalue weighted by molar-refractivity contribution is 7.73. The second-order valence-corrected chi connectivity index (χ2v) is 5.20. The molecule has 0 saturated heterocycles. The van der Waals surface area contributed by atoms with Gasteiger partial charge in [-0.15, -0.1) is 11.3 Å². The minimum absolute atomic E-state index is 0.0956. The molecule has 0 unspecified atom stereocenters. The standard InChI is InChI=1S/C11H7N3OS2/c15-10-9(17-11(16)14-10)3-6-4-13-8-1-2-12-5-7(6)8/h1-5,15H,(H,14,16)/b6-3+. The quantitative estimate of drug-likeness (QED) is 0.775. The Balaban J connectivity index is 2.11. The van der Waals surface area contributed by atoms with Gasteiger partial charge in [-0.05, 0) is 24.4 Å². The van der Waals surface area contributed by atoms with Crippen LogP contribution in [0.5, 0.6) is 5.88 Å². The van der Waals surface area contributed by atoms with E-state index in [1.165, 1.54) is 11.3 Å². The fourth-order valence-electron chi connectivity index (χ4n) is 1.62. The summed E-state index contributed by atoms with van der Waals surface area (Å²) in [7, 11) is 0. The number of pyridine rings is 1. The number of aromatic nitrogens is 2. The molecule has 0 saturated carbocycles. The number of aliphatic imine (C=N–C) groups is 1. The molecule has 4 nitrogen and oxygen atoms in total. The normalized spacial score (nSPS) is 15.4. The van der Waals surface area contributed by atoms with E-state index < -0.39 is 0 Å². The van der Waals surface area contributed by atoms with Gasteiger partial charge in [0.05, 0.1) is 10.6 Å². The largest absolute Gasteiger partial charge is 0.494 e. The summed E-state index contributed by atoms with van der Waals surface area (Å²) in [4.78, 5) is 11.7. The first-order chi connectivity index (χ1) is 8.24. The van der Waals surface area contributed by atoms with Gasteiger partial charge in [0.15, 0.2) is 3.95 Å². The Morgan fingerprint density at radius 2 is 2.35 bits per heavy atom. The summed E-state index contributed by atoms with van der Waals surface area (Å²) >= 11 is 6.29.